The van der Waals surface area contributed by atoms with Crippen molar-refractivity contribution in [1.29, 1.82) is 0 Å². The van der Waals surface area contributed by atoms with Crippen molar-refractivity contribution in [3.05, 3.63) is 88.2 Å². The molecular weight excluding hydrogens is 460 g/mol. The van der Waals surface area contributed by atoms with E-state index >= 15 is 0 Å². The predicted molar refractivity (Wildman–Crippen MR) is 132 cm³/mol. The van der Waals surface area contributed by atoms with Crippen molar-refractivity contribution in [3.8, 4) is 11.5 Å². The Kier molecular flexibility index (Phi) is 7.63. The average molecular weight is 489 g/mol. The molecule has 0 unspecified atom stereocenters. The molecule has 0 radical (unpaired) electrons. The molecule has 0 fully saturated rings. The van der Waals surface area contributed by atoms with Gasteiger partial charge in [-0.05, 0) is 55.8 Å². The molecule has 0 saturated carbocycles. The molecule has 2 heterocycles. The fourth-order valence-electron chi connectivity index (χ4n) is 4.12. The Hall–Kier alpha value is -4.20. The molecule has 2 N–H and O–H groups in total. The lowest BCUT2D eigenvalue weighted by Crippen LogP contribution is -2.17. The molecule has 8 heteroatoms. The molecule has 4 rings (SSSR count). The number of benzene rings is 2. The molecule has 0 spiro atoms. The van der Waals surface area contributed by atoms with E-state index in [2.05, 4.69) is 4.98 Å². The molecule has 1 aromatic heterocycles. The number of fused-ring (bicyclic) bond motifs is 1. The highest BCUT2D eigenvalue weighted by Gasteiger charge is 2.25. The second-order valence-electron chi connectivity index (χ2n) is 8.46. The van der Waals surface area contributed by atoms with Crippen molar-refractivity contribution >= 4 is 17.7 Å². The maximum absolute atomic E-state index is 12.3. The Balaban J connectivity index is 1.69. The highest BCUT2D eigenvalue weighted by Crippen LogP contribution is 2.38. The predicted octanol–water partition coefficient (Wildman–Crippen LogP) is 4.12. The van der Waals surface area contributed by atoms with Crippen LogP contribution in [0.15, 0.2) is 54.7 Å². The van der Waals surface area contributed by atoms with Gasteiger partial charge in [0.05, 0.1) is 25.2 Å². The highest BCUT2D eigenvalue weighted by atomic mass is 16.5. The average Bonchev–Trinajstić information content (AvgIpc) is 2.88. The van der Waals surface area contributed by atoms with E-state index in [1.54, 1.807) is 49.5 Å². The minimum Gasteiger partial charge on any atom is -0.492 e. The summed E-state index contributed by atoms with van der Waals surface area (Å²) >= 11 is 0. The van der Waals surface area contributed by atoms with Gasteiger partial charge in [-0.3, -0.25) is 19.4 Å². The minimum absolute atomic E-state index is 0.0462. The Bertz CT molecular complexity index is 1290. The molecule has 1 amide bonds. The first-order valence-corrected chi connectivity index (χ1v) is 11.8. The van der Waals surface area contributed by atoms with Crippen LogP contribution in [-0.2, 0) is 16.0 Å². The van der Waals surface area contributed by atoms with Crippen molar-refractivity contribution in [2.24, 2.45) is 5.73 Å². The lowest BCUT2D eigenvalue weighted by atomic mass is 9.98. The lowest BCUT2D eigenvalue weighted by molar-refractivity contribution is -0.143. The number of ether oxygens (including phenoxy) is 3. The number of carbonyl (C=O) groups excluding carboxylic acids is 3. The standard InChI is InChI=1S/C28H28N2O6/c1-3-34-25(32)11-8-21-16-20(12-14-30-21)27(18-4-6-19(7-5-18)28(29)33)36-24-10-9-22-23(31)13-15-35-26(22)17(24)2/h4-7,9-10,12,14,16,27H,3,8,11,13,15H2,1-2H3,(H2,29,33)/t27-/m0/s1. The number of aryl methyl sites for hydroxylation is 1. The summed E-state index contributed by atoms with van der Waals surface area (Å²) in [6.07, 6.45) is 2.11. The van der Waals surface area contributed by atoms with E-state index in [4.69, 9.17) is 19.9 Å². The van der Waals surface area contributed by atoms with Crippen molar-refractivity contribution in [3.63, 3.8) is 0 Å². The summed E-state index contributed by atoms with van der Waals surface area (Å²) < 4.78 is 17.3. The van der Waals surface area contributed by atoms with Crippen LogP contribution in [0.4, 0.5) is 0 Å². The van der Waals surface area contributed by atoms with E-state index in [1.165, 1.54) is 0 Å². The van der Waals surface area contributed by atoms with Crippen LogP contribution in [0.3, 0.4) is 0 Å². The Labute approximate surface area is 209 Å². The monoisotopic (exact) mass is 488 g/mol. The fraction of sp³-hybridized carbons (Fsp3) is 0.286. The maximum Gasteiger partial charge on any atom is 0.306 e. The molecule has 1 aliphatic rings. The molecule has 0 saturated heterocycles. The van der Waals surface area contributed by atoms with Crippen LogP contribution in [0.1, 0.15) is 69.0 Å². The van der Waals surface area contributed by atoms with E-state index in [0.29, 0.717) is 48.7 Å². The first kappa shape index (κ1) is 24.9. The summed E-state index contributed by atoms with van der Waals surface area (Å²) in [5.41, 5.74) is 9.41. The number of amides is 1. The van der Waals surface area contributed by atoms with Crippen molar-refractivity contribution in [2.75, 3.05) is 13.2 Å². The molecule has 0 aliphatic carbocycles. The number of rotatable bonds is 9. The minimum atomic E-state index is -0.563. The molecule has 186 valence electrons. The summed E-state index contributed by atoms with van der Waals surface area (Å²) in [4.78, 5) is 40.1. The zero-order valence-electron chi connectivity index (χ0n) is 20.3. The van der Waals surface area contributed by atoms with Gasteiger partial charge in [-0.15, -0.1) is 0 Å². The highest BCUT2D eigenvalue weighted by molar-refractivity contribution is 6.00. The van der Waals surface area contributed by atoms with Gasteiger partial charge in [0.2, 0.25) is 5.91 Å². The van der Waals surface area contributed by atoms with E-state index in [9.17, 15) is 14.4 Å². The topological polar surface area (TPSA) is 118 Å². The van der Waals surface area contributed by atoms with Crippen molar-refractivity contribution in [1.82, 2.24) is 4.98 Å². The van der Waals surface area contributed by atoms with E-state index in [0.717, 1.165) is 22.4 Å². The fourth-order valence-corrected chi connectivity index (χ4v) is 4.12. The number of nitrogens with zero attached hydrogens (tertiary/aromatic N) is 1. The van der Waals surface area contributed by atoms with Gasteiger partial charge in [0.1, 0.15) is 17.6 Å². The zero-order valence-corrected chi connectivity index (χ0v) is 20.3. The SMILES string of the molecule is CCOC(=O)CCc1cc([C@@H](Oc2ccc3c(c2C)OCCC3=O)c2ccc(C(N)=O)cc2)ccn1. The van der Waals surface area contributed by atoms with Crippen LogP contribution in [-0.4, -0.2) is 35.9 Å². The second kappa shape index (κ2) is 11.0. The van der Waals surface area contributed by atoms with Gasteiger partial charge in [-0.1, -0.05) is 12.1 Å². The Morgan fingerprint density at radius 1 is 1.11 bits per heavy atom. The smallest absolute Gasteiger partial charge is 0.306 e. The number of esters is 1. The maximum atomic E-state index is 12.3. The third-order valence-electron chi connectivity index (χ3n) is 6.01. The summed E-state index contributed by atoms with van der Waals surface area (Å²) in [5, 5.41) is 0. The number of carbonyl (C=O) groups is 3. The summed E-state index contributed by atoms with van der Waals surface area (Å²) in [6, 6.07) is 14.1. The van der Waals surface area contributed by atoms with Gasteiger partial charge in [-0.25, -0.2) is 0 Å². The van der Waals surface area contributed by atoms with Crippen molar-refractivity contribution in [2.45, 2.75) is 39.2 Å². The Morgan fingerprint density at radius 3 is 2.61 bits per heavy atom. The number of hydrogen-bond acceptors (Lipinski definition) is 7. The van der Waals surface area contributed by atoms with E-state index in [1.807, 2.05) is 19.1 Å². The molecule has 8 nitrogen and oxygen atoms in total. The van der Waals surface area contributed by atoms with Gasteiger partial charge in [-0.2, -0.15) is 0 Å². The Morgan fingerprint density at radius 2 is 1.89 bits per heavy atom. The second-order valence-corrected chi connectivity index (χ2v) is 8.46. The van der Waals surface area contributed by atoms with Crippen LogP contribution in [0, 0.1) is 6.92 Å². The third kappa shape index (κ3) is 5.54. The van der Waals surface area contributed by atoms with Gasteiger partial charge >= 0.3 is 5.97 Å². The molecule has 0 bridgehead atoms. The molecular formula is C28H28N2O6. The van der Waals surface area contributed by atoms with Gasteiger partial charge in [0, 0.05) is 41.4 Å². The molecule has 1 atom stereocenters. The third-order valence-corrected chi connectivity index (χ3v) is 6.01. The summed E-state index contributed by atoms with van der Waals surface area (Å²) in [5.74, 6) is 0.355. The first-order chi connectivity index (χ1) is 17.4. The number of nitrogens with two attached hydrogens (primary N) is 1. The van der Waals surface area contributed by atoms with Gasteiger partial charge < -0.3 is 19.9 Å². The number of ketones is 1. The largest absolute Gasteiger partial charge is 0.492 e. The van der Waals surface area contributed by atoms with Crippen LogP contribution < -0.4 is 15.2 Å². The van der Waals surface area contributed by atoms with E-state index < -0.39 is 12.0 Å². The lowest BCUT2D eigenvalue weighted by Gasteiger charge is -2.25. The quantitative estimate of drug-likeness (QED) is 0.450. The van der Waals surface area contributed by atoms with Crippen LogP contribution in [0.5, 0.6) is 11.5 Å². The summed E-state index contributed by atoms with van der Waals surface area (Å²) in [7, 11) is 0. The number of Topliss-reactive ketones (excluding diaryl/α,β-unsaturated/α-hetero) is 1. The van der Waals surface area contributed by atoms with Gasteiger partial charge in [0.15, 0.2) is 5.78 Å². The van der Waals surface area contributed by atoms with E-state index in [-0.39, 0.29) is 18.2 Å². The number of aromatic nitrogens is 1. The molecule has 3 aromatic rings. The zero-order chi connectivity index (χ0) is 25.7. The van der Waals surface area contributed by atoms with Crippen molar-refractivity contribution < 1.29 is 28.6 Å². The number of pyridine rings is 1. The van der Waals surface area contributed by atoms with Crippen LogP contribution >= 0.6 is 0 Å². The molecule has 2 aromatic carbocycles. The summed E-state index contributed by atoms with van der Waals surface area (Å²) in [6.45, 7) is 4.30. The van der Waals surface area contributed by atoms with Crippen LogP contribution in [0.2, 0.25) is 0 Å². The molecule has 36 heavy (non-hydrogen) atoms. The normalized spacial score (nSPS) is 13.3. The number of primary amides is 1. The first-order valence-electron chi connectivity index (χ1n) is 11.8. The number of hydrogen-bond donors (Lipinski definition) is 1. The van der Waals surface area contributed by atoms with Gasteiger partial charge in [0.25, 0.3) is 0 Å². The van der Waals surface area contributed by atoms with Crippen LogP contribution in [0.25, 0.3) is 0 Å². The molecule has 1 aliphatic heterocycles.